The average Bonchev–Trinajstić information content (AvgIpc) is 3.05. The molecule has 1 aliphatic carbocycles. The summed E-state index contributed by atoms with van der Waals surface area (Å²) in [6.07, 6.45) is 4.08. The van der Waals surface area contributed by atoms with Crippen LogP contribution < -0.4 is 4.74 Å². The Morgan fingerprint density at radius 3 is 2.79 bits per heavy atom. The fourth-order valence-electron chi connectivity index (χ4n) is 2.82. The zero-order valence-electron chi connectivity index (χ0n) is 11.1. The lowest BCUT2D eigenvalue weighted by atomic mass is 9.91. The van der Waals surface area contributed by atoms with E-state index in [4.69, 9.17) is 9.84 Å². The lowest BCUT2D eigenvalue weighted by Crippen LogP contribution is -2.13. The van der Waals surface area contributed by atoms with Gasteiger partial charge in [0.2, 0.25) is 0 Å². The van der Waals surface area contributed by atoms with E-state index in [1.807, 2.05) is 29.9 Å². The molecule has 0 atom stereocenters. The Morgan fingerprint density at radius 2 is 2.21 bits per heavy atom. The Morgan fingerprint density at radius 1 is 1.47 bits per heavy atom. The largest absolute Gasteiger partial charge is 0.496 e. The van der Waals surface area contributed by atoms with Crippen LogP contribution in [-0.4, -0.2) is 22.8 Å². The Balaban J connectivity index is 2.14. The Hall–Kier alpha value is -1.97. The van der Waals surface area contributed by atoms with E-state index in [0.717, 1.165) is 35.1 Å². The molecule has 1 N–H and O–H groups in total. The third kappa shape index (κ3) is 1.87. The van der Waals surface area contributed by atoms with Crippen LogP contribution in [-0.2, 0) is 17.3 Å². The molecule has 1 aromatic heterocycles. The van der Waals surface area contributed by atoms with E-state index in [9.17, 15) is 4.79 Å². The van der Waals surface area contributed by atoms with Gasteiger partial charge < -0.3 is 14.4 Å². The van der Waals surface area contributed by atoms with Gasteiger partial charge in [0.05, 0.1) is 19.0 Å². The molecule has 2 aromatic rings. The number of aromatic nitrogens is 1. The maximum atomic E-state index is 11.0. The topological polar surface area (TPSA) is 51.5 Å². The Kier molecular flexibility index (Phi) is 2.55. The van der Waals surface area contributed by atoms with Crippen LogP contribution in [0, 0.1) is 0 Å². The zero-order valence-corrected chi connectivity index (χ0v) is 11.1. The van der Waals surface area contributed by atoms with Crippen molar-refractivity contribution in [2.75, 3.05) is 7.11 Å². The van der Waals surface area contributed by atoms with Gasteiger partial charge in [-0.05, 0) is 36.6 Å². The maximum absolute atomic E-state index is 11.0. The van der Waals surface area contributed by atoms with E-state index >= 15 is 0 Å². The Bertz CT molecular complexity index is 653. The fourth-order valence-corrected chi connectivity index (χ4v) is 2.82. The molecule has 1 fully saturated rings. The van der Waals surface area contributed by atoms with Crippen molar-refractivity contribution in [2.45, 2.75) is 24.7 Å². The first-order chi connectivity index (χ1) is 9.05. The van der Waals surface area contributed by atoms with E-state index in [1.54, 1.807) is 7.11 Å². The lowest BCUT2D eigenvalue weighted by Gasteiger charge is -2.15. The second-order valence-electron chi connectivity index (χ2n) is 5.39. The first-order valence-corrected chi connectivity index (χ1v) is 6.41. The van der Waals surface area contributed by atoms with Crippen molar-refractivity contribution in [1.82, 2.24) is 4.57 Å². The summed E-state index contributed by atoms with van der Waals surface area (Å²) in [5, 5.41) is 10.1. The quantitative estimate of drug-likeness (QED) is 0.918. The number of methoxy groups -OCH3 is 1. The molecule has 0 bridgehead atoms. The number of ether oxygens (including phenoxy) is 1. The van der Waals surface area contributed by atoms with Gasteiger partial charge in [-0.1, -0.05) is 0 Å². The van der Waals surface area contributed by atoms with Gasteiger partial charge >= 0.3 is 5.97 Å². The minimum atomic E-state index is -0.733. The van der Waals surface area contributed by atoms with E-state index < -0.39 is 5.97 Å². The van der Waals surface area contributed by atoms with Crippen molar-refractivity contribution < 1.29 is 14.6 Å². The predicted molar refractivity (Wildman–Crippen MR) is 72.6 cm³/mol. The standard InChI is InChI=1S/C15H17NO3/c1-16-6-3-11-12(16)7-10(8-13(11)19-2)15(4-5-15)9-14(17)18/h3,6-8H,4-5,9H2,1-2H3,(H,17,18). The fraction of sp³-hybridized carbons (Fsp3) is 0.400. The number of carboxylic acid groups (broad SMARTS) is 1. The summed E-state index contributed by atoms with van der Waals surface area (Å²) in [6.45, 7) is 0. The molecule has 0 spiro atoms. The zero-order chi connectivity index (χ0) is 13.6. The number of nitrogens with zero attached hydrogens (tertiary/aromatic N) is 1. The van der Waals surface area contributed by atoms with Gasteiger partial charge in [0.15, 0.2) is 0 Å². The smallest absolute Gasteiger partial charge is 0.304 e. The SMILES string of the molecule is COc1cc(C2(CC(=O)O)CC2)cc2c1ccn2C. The van der Waals surface area contributed by atoms with Crippen LogP contribution in [0.25, 0.3) is 10.9 Å². The molecule has 0 aliphatic heterocycles. The summed E-state index contributed by atoms with van der Waals surface area (Å²) < 4.78 is 7.49. The first kappa shape index (κ1) is 12.1. The van der Waals surface area contributed by atoms with Gasteiger partial charge in [-0.15, -0.1) is 0 Å². The van der Waals surface area contributed by atoms with Crippen molar-refractivity contribution >= 4 is 16.9 Å². The van der Waals surface area contributed by atoms with E-state index in [1.165, 1.54) is 0 Å². The summed E-state index contributed by atoms with van der Waals surface area (Å²) in [4.78, 5) is 11.0. The van der Waals surface area contributed by atoms with Crippen LogP contribution in [0.1, 0.15) is 24.8 Å². The third-order valence-corrected chi connectivity index (χ3v) is 4.14. The molecule has 100 valence electrons. The first-order valence-electron chi connectivity index (χ1n) is 6.41. The number of carboxylic acids is 1. The molecule has 1 heterocycles. The van der Waals surface area contributed by atoms with Crippen LogP contribution in [0.2, 0.25) is 0 Å². The number of hydrogen-bond donors (Lipinski definition) is 1. The Labute approximate surface area is 111 Å². The van der Waals surface area contributed by atoms with Crippen LogP contribution in [0.3, 0.4) is 0 Å². The molecule has 0 unspecified atom stereocenters. The van der Waals surface area contributed by atoms with Gasteiger partial charge in [0.25, 0.3) is 0 Å². The highest BCUT2D eigenvalue weighted by molar-refractivity contribution is 5.88. The third-order valence-electron chi connectivity index (χ3n) is 4.14. The average molecular weight is 259 g/mol. The maximum Gasteiger partial charge on any atom is 0.304 e. The highest BCUT2D eigenvalue weighted by Gasteiger charge is 2.46. The van der Waals surface area contributed by atoms with Crippen LogP contribution in [0.5, 0.6) is 5.75 Å². The molecular formula is C15H17NO3. The van der Waals surface area contributed by atoms with E-state index in [2.05, 4.69) is 6.07 Å². The molecule has 0 amide bonds. The van der Waals surface area contributed by atoms with Crippen molar-refractivity contribution in [3.8, 4) is 5.75 Å². The molecule has 0 radical (unpaired) electrons. The van der Waals surface area contributed by atoms with Gasteiger partial charge in [0.1, 0.15) is 5.75 Å². The highest BCUT2D eigenvalue weighted by Crippen LogP contribution is 2.52. The van der Waals surface area contributed by atoms with E-state index in [0.29, 0.717) is 0 Å². The van der Waals surface area contributed by atoms with Crippen LogP contribution >= 0.6 is 0 Å². The minimum absolute atomic E-state index is 0.183. The summed E-state index contributed by atoms with van der Waals surface area (Å²) >= 11 is 0. The number of benzene rings is 1. The van der Waals surface area contributed by atoms with Crippen molar-refractivity contribution in [1.29, 1.82) is 0 Å². The number of fused-ring (bicyclic) bond motifs is 1. The normalized spacial score (nSPS) is 16.5. The number of aryl methyl sites for hydroxylation is 1. The number of rotatable bonds is 4. The van der Waals surface area contributed by atoms with Gasteiger partial charge in [-0.25, -0.2) is 0 Å². The van der Waals surface area contributed by atoms with Crippen molar-refractivity contribution in [3.63, 3.8) is 0 Å². The monoisotopic (exact) mass is 259 g/mol. The van der Waals surface area contributed by atoms with Crippen molar-refractivity contribution in [2.24, 2.45) is 7.05 Å². The molecular weight excluding hydrogens is 242 g/mol. The molecule has 4 nitrogen and oxygen atoms in total. The highest BCUT2D eigenvalue weighted by atomic mass is 16.5. The van der Waals surface area contributed by atoms with Gasteiger partial charge in [0, 0.05) is 24.0 Å². The van der Waals surface area contributed by atoms with E-state index in [-0.39, 0.29) is 11.8 Å². The molecule has 3 rings (SSSR count). The summed E-state index contributed by atoms with van der Waals surface area (Å²) in [6, 6.07) is 6.13. The predicted octanol–water partition coefficient (Wildman–Crippen LogP) is 2.69. The second kappa shape index (κ2) is 4.02. The number of carbonyl (C=O) groups is 1. The molecule has 19 heavy (non-hydrogen) atoms. The van der Waals surface area contributed by atoms with Gasteiger partial charge in [-0.3, -0.25) is 4.79 Å². The van der Waals surface area contributed by atoms with Crippen LogP contribution in [0.15, 0.2) is 24.4 Å². The summed E-state index contributed by atoms with van der Waals surface area (Å²) in [7, 11) is 3.64. The summed E-state index contributed by atoms with van der Waals surface area (Å²) in [5.74, 6) is 0.0909. The molecule has 1 aliphatic rings. The number of hydrogen-bond acceptors (Lipinski definition) is 2. The molecule has 4 heteroatoms. The minimum Gasteiger partial charge on any atom is -0.496 e. The van der Waals surface area contributed by atoms with Gasteiger partial charge in [-0.2, -0.15) is 0 Å². The number of aliphatic carboxylic acids is 1. The molecule has 0 saturated heterocycles. The van der Waals surface area contributed by atoms with Crippen LogP contribution in [0.4, 0.5) is 0 Å². The summed E-state index contributed by atoms with van der Waals surface area (Å²) in [5.41, 5.74) is 1.99. The molecule has 1 aromatic carbocycles. The van der Waals surface area contributed by atoms with Crippen molar-refractivity contribution in [3.05, 3.63) is 30.0 Å². The molecule has 1 saturated carbocycles. The second-order valence-corrected chi connectivity index (χ2v) is 5.39. The lowest BCUT2D eigenvalue weighted by molar-refractivity contribution is -0.137.